The molecule has 8 aromatic rings. The predicted octanol–water partition coefficient (Wildman–Crippen LogP) is 12.9. The van der Waals surface area contributed by atoms with Crippen molar-refractivity contribution >= 4 is 85.2 Å². The van der Waals surface area contributed by atoms with E-state index in [1.165, 1.54) is 0 Å². The molecule has 0 atom stereocenters. The molecule has 7 N–H and O–H groups in total. The Bertz CT molecular complexity index is 3500. The molecule has 17 heteroatoms. The average Bonchev–Trinajstić information content (AvgIpc) is 3.59. The number of nitrogens with one attached hydrogen (secondary N) is 5. The molecule has 2 fully saturated rings. The van der Waals surface area contributed by atoms with E-state index in [1.54, 1.807) is 12.4 Å². The Kier molecular flexibility index (Phi) is 18.1. The van der Waals surface area contributed by atoms with Gasteiger partial charge in [0.25, 0.3) is 0 Å². The number of nitrogens with two attached hydrogens (primary N) is 1. The summed E-state index contributed by atoms with van der Waals surface area (Å²) >= 11 is 6.27. The Morgan fingerprint density at radius 1 is 0.557 bits per heavy atom. The molecule has 0 amide bonds. The lowest BCUT2D eigenvalue weighted by atomic mass is 9.98. The summed E-state index contributed by atoms with van der Waals surface area (Å²) in [6.45, 7) is 24.7. The number of anilines is 9. The number of benzene rings is 4. The average molecular weight is 1080 g/mol. The summed E-state index contributed by atoms with van der Waals surface area (Å²) in [6.07, 6.45) is 7.63. The maximum absolute atomic E-state index is 10.4. The highest BCUT2D eigenvalue weighted by Gasteiger charge is 2.29. The van der Waals surface area contributed by atoms with E-state index in [-0.39, 0.29) is 11.1 Å². The van der Waals surface area contributed by atoms with Crippen molar-refractivity contribution in [1.29, 1.82) is 10.5 Å². The molecule has 0 radical (unpaired) electrons. The van der Waals surface area contributed by atoms with E-state index in [1.807, 2.05) is 119 Å². The van der Waals surface area contributed by atoms with Gasteiger partial charge in [0, 0.05) is 107 Å². The Morgan fingerprint density at radius 2 is 1.01 bits per heavy atom. The molecular weight excluding hydrogens is 1000 g/mol. The molecule has 10 rings (SSSR count). The van der Waals surface area contributed by atoms with Crippen LogP contribution < -0.4 is 42.1 Å². The van der Waals surface area contributed by atoms with Gasteiger partial charge in [-0.05, 0) is 167 Å². The van der Waals surface area contributed by atoms with Gasteiger partial charge in [-0.2, -0.15) is 10.5 Å². The maximum Gasteiger partial charge on any atom is 0.227 e. The first-order valence-electron chi connectivity index (χ1n) is 27.0. The molecule has 16 nitrogen and oxygen atoms in total. The van der Waals surface area contributed by atoms with E-state index in [0.29, 0.717) is 46.1 Å². The third-order valence-electron chi connectivity index (χ3n) is 13.6. The molecule has 2 aliphatic rings. The fraction of sp³-hybridized carbons (Fsp3) is 0.355. The van der Waals surface area contributed by atoms with Crippen LogP contribution in [0.5, 0.6) is 0 Å². The number of aryl methyl sites for hydroxylation is 4. The van der Waals surface area contributed by atoms with Crippen molar-refractivity contribution in [3.8, 4) is 12.1 Å². The van der Waals surface area contributed by atoms with Gasteiger partial charge in [0.15, 0.2) is 5.82 Å². The van der Waals surface area contributed by atoms with Gasteiger partial charge in [-0.15, -0.1) is 0 Å². The number of aromatic nitrogens is 6. The van der Waals surface area contributed by atoms with Gasteiger partial charge in [0.05, 0.1) is 22.4 Å². The maximum atomic E-state index is 10.4. The van der Waals surface area contributed by atoms with Crippen molar-refractivity contribution in [2.45, 2.75) is 118 Å². The molecule has 0 saturated carbocycles. The van der Waals surface area contributed by atoms with E-state index in [2.05, 4.69) is 121 Å². The van der Waals surface area contributed by atoms with Crippen LogP contribution in [-0.2, 0) is 0 Å². The van der Waals surface area contributed by atoms with Crippen LogP contribution in [0.3, 0.4) is 0 Å². The first kappa shape index (κ1) is 57.0. The molecule has 0 bridgehead atoms. The van der Waals surface area contributed by atoms with Crippen LogP contribution in [0, 0.1) is 50.4 Å². The van der Waals surface area contributed by atoms with Crippen LogP contribution in [0.4, 0.5) is 51.8 Å². The number of para-hydroxylation sites is 2. The minimum atomic E-state index is 0.0847. The molecule has 79 heavy (non-hydrogen) atoms. The highest BCUT2D eigenvalue weighted by Crippen LogP contribution is 2.38. The van der Waals surface area contributed by atoms with Crippen molar-refractivity contribution in [3.05, 3.63) is 148 Å². The molecule has 408 valence electrons. The molecule has 4 aromatic carbocycles. The summed E-state index contributed by atoms with van der Waals surface area (Å²) in [5.74, 6) is 1.74. The number of pyridine rings is 2. The topological polar surface area (TPSA) is 218 Å². The van der Waals surface area contributed by atoms with E-state index >= 15 is 0 Å². The first-order valence-corrected chi connectivity index (χ1v) is 27.4. The van der Waals surface area contributed by atoms with Crippen molar-refractivity contribution in [3.63, 3.8) is 0 Å². The van der Waals surface area contributed by atoms with E-state index in [0.717, 1.165) is 130 Å². The van der Waals surface area contributed by atoms with Gasteiger partial charge in [-0.1, -0.05) is 48.0 Å². The number of nitriles is 2. The Labute approximate surface area is 470 Å². The third-order valence-corrected chi connectivity index (χ3v) is 13.9. The van der Waals surface area contributed by atoms with Gasteiger partial charge in [-0.25, -0.2) is 29.9 Å². The fourth-order valence-electron chi connectivity index (χ4n) is 10.1. The number of rotatable bonds is 10. The number of nitrogen functional groups attached to an aromatic ring is 1. The van der Waals surface area contributed by atoms with Gasteiger partial charge in [0.1, 0.15) is 28.4 Å². The van der Waals surface area contributed by atoms with Crippen LogP contribution in [0.25, 0.3) is 21.8 Å². The summed E-state index contributed by atoms with van der Waals surface area (Å²) in [5.41, 5.74) is 18.0. The fourth-order valence-corrected chi connectivity index (χ4v) is 10.4. The second kappa shape index (κ2) is 25.1. The lowest BCUT2D eigenvalue weighted by Crippen LogP contribution is -2.49. The number of halogens is 1. The van der Waals surface area contributed by atoms with Gasteiger partial charge >= 0.3 is 0 Å². The summed E-state index contributed by atoms with van der Waals surface area (Å²) in [6, 6.07) is 37.1. The van der Waals surface area contributed by atoms with Crippen molar-refractivity contribution < 1.29 is 0 Å². The predicted molar refractivity (Wildman–Crippen MR) is 324 cm³/mol. The Morgan fingerprint density at radius 3 is 1.47 bits per heavy atom. The van der Waals surface area contributed by atoms with E-state index < -0.39 is 0 Å². The zero-order chi connectivity index (χ0) is 56.4. The number of piperidine rings is 2. The van der Waals surface area contributed by atoms with E-state index in [4.69, 9.17) is 22.3 Å². The van der Waals surface area contributed by atoms with Crippen molar-refractivity contribution in [1.82, 2.24) is 40.5 Å². The molecule has 6 heterocycles. The zero-order valence-corrected chi connectivity index (χ0v) is 47.9. The number of hydrogen-bond donors (Lipinski definition) is 6. The first-order chi connectivity index (χ1) is 37.7. The minimum Gasteiger partial charge on any atom is -0.399 e. The lowest BCUT2D eigenvalue weighted by Gasteiger charge is -2.38. The van der Waals surface area contributed by atoms with Crippen LogP contribution >= 0.6 is 11.6 Å². The zero-order valence-electron chi connectivity index (χ0n) is 47.1. The summed E-state index contributed by atoms with van der Waals surface area (Å²) in [4.78, 5) is 31.1. The van der Waals surface area contributed by atoms with Gasteiger partial charge in [-0.3, -0.25) is 0 Å². The smallest absolute Gasteiger partial charge is 0.227 e. The van der Waals surface area contributed by atoms with Crippen molar-refractivity contribution in [2.24, 2.45) is 0 Å². The molecule has 2 aliphatic heterocycles. The van der Waals surface area contributed by atoms with Gasteiger partial charge in [0.2, 0.25) is 11.9 Å². The normalized spacial score (nSPS) is 14.1. The Balaban J connectivity index is 0.000000174. The standard InChI is InChI=1S/C31H36N8.C19H23ClN4.C12H14N4/c1-20-18-23(10-11-26(20)37-30-33-15-12-21(2)34-30)35-29-25(19-32)28(24-8-6-7-9-27(24)36-29)39-16-13-22(14-17-39)38-31(3,4)5;1-19(2,3)23-13-8-10-24(11-9-13)17-14-6-4-5-7-16(14)22-18(20)15(17)12-21;1-8-7-10(13)3-4-11(8)16-12-14-6-5-9(2)15-12/h6-12,15,18,22,38H,13-14,16-17H2,1-5H3,(H,35,36)(H,33,34,37);4-7,13,23H,8-11H2,1-3H3;3-7H,13H2,1-2H3,(H,14,15,16). The second-order valence-corrected chi connectivity index (χ2v) is 22.8. The lowest BCUT2D eigenvalue weighted by molar-refractivity contribution is 0.317. The largest absolute Gasteiger partial charge is 0.399 e. The Hall–Kier alpha value is -8.15. The SMILES string of the molecule is CC(C)(C)NC1CCN(c2c(C#N)c(Cl)nc3ccccc23)CC1.Cc1ccnc(Nc2ccc(N)cc2C)n1.Cc1ccnc(Nc2ccc(Nc3nc4ccccc4c(N4CCC(NC(C)(C)C)CC4)c3C#N)cc2C)n1. The second-order valence-electron chi connectivity index (χ2n) is 22.4. The molecular formula is C62H73ClN16. The van der Waals surface area contributed by atoms with Gasteiger partial charge < -0.3 is 42.1 Å². The number of fused-ring (bicyclic) bond motifs is 2. The number of nitrogens with zero attached hydrogens (tertiary/aromatic N) is 10. The molecule has 4 aromatic heterocycles. The monoisotopic (exact) mass is 1080 g/mol. The molecule has 0 spiro atoms. The quantitative estimate of drug-likeness (QED) is 0.0554. The molecule has 2 saturated heterocycles. The number of hydrogen-bond acceptors (Lipinski definition) is 16. The van der Waals surface area contributed by atoms with Crippen LogP contribution in [0.2, 0.25) is 5.15 Å². The molecule has 0 aliphatic carbocycles. The highest BCUT2D eigenvalue weighted by atomic mass is 35.5. The minimum absolute atomic E-state index is 0.0847. The summed E-state index contributed by atoms with van der Waals surface area (Å²) < 4.78 is 0. The van der Waals surface area contributed by atoms with Crippen LogP contribution in [-0.4, -0.2) is 79.2 Å². The molecule has 0 unspecified atom stereocenters. The van der Waals surface area contributed by atoms with Crippen LogP contribution in [0.1, 0.15) is 101 Å². The summed E-state index contributed by atoms with van der Waals surface area (Å²) in [5, 5.41) is 39.6. The summed E-state index contributed by atoms with van der Waals surface area (Å²) in [7, 11) is 0. The van der Waals surface area contributed by atoms with Crippen molar-refractivity contribution in [2.75, 3.05) is 57.7 Å². The highest BCUT2D eigenvalue weighted by molar-refractivity contribution is 6.31. The van der Waals surface area contributed by atoms with Crippen LogP contribution in [0.15, 0.2) is 109 Å². The third kappa shape index (κ3) is 15.1. The van der Waals surface area contributed by atoms with E-state index in [9.17, 15) is 10.5 Å².